The number of rotatable bonds is 27. The normalized spacial score (nSPS) is 11.9. The van der Waals surface area contributed by atoms with Crippen LogP contribution >= 0.6 is 0 Å². The fourth-order valence-corrected chi connectivity index (χ4v) is 14.3. The van der Waals surface area contributed by atoms with Crippen molar-refractivity contribution in [1.29, 1.82) is 0 Å². The van der Waals surface area contributed by atoms with Gasteiger partial charge in [-0.05, 0) is 195 Å². The van der Waals surface area contributed by atoms with Crippen LogP contribution in [-0.4, -0.2) is 63.5 Å². The van der Waals surface area contributed by atoms with Crippen LogP contribution in [0.1, 0.15) is 210 Å². The molecule has 16 aromatic rings. The Kier molecular flexibility index (Phi) is 51.0. The number of carbonyl (C=O) groups excluding carboxylic acids is 4. The smallest absolute Gasteiger partial charge is 0.224 e. The molecule has 20 heteroatoms. The van der Waals surface area contributed by atoms with Gasteiger partial charge in [0.15, 0.2) is 23.1 Å². The Morgan fingerprint density at radius 1 is 0.293 bits per heavy atom. The summed E-state index contributed by atoms with van der Waals surface area (Å²) in [7, 11) is 0. The predicted molar refractivity (Wildman–Crippen MR) is 589 cm³/mol. The maximum Gasteiger partial charge on any atom is 0.224 e. The van der Waals surface area contributed by atoms with Gasteiger partial charge in [-0.2, -0.15) is 72.8 Å². The summed E-state index contributed by atoms with van der Waals surface area (Å²) < 4.78 is 23.5. The molecule has 4 radical (unpaired) electrons. The SMILES string of the molecule is CC(C)(C)C(=O)C=C(O)C(C)(C)C.CCC(C)(C)C(=O)C=C(O)C(C)(C)CC.CCC(C)(CC)C(=O)C=C(O)C(C)(CC)CC.CCC(C)C(O)=CC(=O)C(CC)CC.[Ir].[Ir].[Ir].[Ir].[c-]1ccccc1Oc1nccc2cc3ccccc3cc12.[c-]1ccccc1Oc1nccc2cc3ccccc3cc12.[c-]1ccccc1Oc1nccc2cc3ccccc3cc12.[c-]1ccccc1Oc1nccc2cc3ccccc3cc12. The molecule has 0 aliphatic heterocycles. The average molecular weight is 2690 g/mol. The molecule has 16 rings (SSSR count). The molecule has 0 amide bonds. The van der Waals surface area contributed by atoms with Crippen molar-refractivity contribution in [1.82, 2.24) is 19.9 Å². The Labute approximate surface area is 924 Å². The van der Waals surface area contributed by atoms with Crippen LogP contribution in [0, 0.1) is 68.6 Å². The van der Waals surface area contributed by atoms with Crippen LogP contribution in [0.4, 0.5) is 0 Å². The van der Waals surface area contributed by atoms with Gasteiger partial charge in [0.05, 0.1) is 5.76 Å². The fraction of sp³-hybridized carbons (Fsp3) is 0.307. The van der Waals surface area contributed by atoms with Crippen molar-refractivity contribution in [2.75, 3.05) is 0 Å². The molecule has 16 nitrogen and oxygen atoms in total. The third-order valence-electron chi connectivity index (χ3n) is 26.5. The number of ether oxygens (including phenoxy) is 4. The molecule has 4 heterocycles. The fourth-order valence-electron chi connectivity index (χ4n) is 14.3. The van der Waals surface area contributed by atoms with E-state index >= 15 is 0 Å². The van der Waals surface area contributed by atoms with Crippen LogP contribution in [0.3, 0.4) is 0 Å². The molecule has 0 fully saturated rings. The summed E-state index contributed by atoms with van der Waals surface area (Å²) in [6.45, 7) is 42.8. The molecular weight excluding hydrogens is 2540 g/mol. The number of hydrogen-bond acceptors (Lipinski definition) is 16. The number of carbonyl (C=O) groups is 4. The summed E-state index contributed by atoms with van der Waals surface area (Å²) in [4.78, 5) is 64.6. The van der Waals surface area contributed by atoms with Gasteiger partial charge in [0.2, 0.25) is 23.5 Å². The zero-order chi connectivity index (χ0) is 104. The average Bonchev–Trinajstić information content (AvgIpc) is 0.795. The Bertz CT molecular complexity index is 6400. The van der Waals surface area contributed by atoms with Gasteiger partial charge < -0.3 is 39.4 Å². The molecule has 0 saturated heterocycles. The molecule has 0 saturated carbocycles. The van der Waals surface area contributed by atoms with Crippen LogP contribution in [0.2, 0.25) is 0 Å². The largest absolute Gasteiger partial charge is 0.512 e. The molecule has 12 aromatic carbocycles. The Morgan fingerprint density at radius 2 is 0.558 bits per heavy atom. The topological polar surface area (TPSA) is 238 Å². The summed E-state index contributed by atoms with van der Waals surface area (Å²) in [6.07, 6.45) is 20.1. The second-order valence-corrected chi connectivity index (χ2v) is 39.4. The summed E-state index contributed by atoms with van der Waals surface area (Å²) in [5, 5.41) is 57.2. The second kappa shape index (κ2) is 59.8. The minimum Gasteiger partial charge on any atom is -0.512 e. The molecule has 0 aliphatic rings. The second-order valence-electron chi connectivity index (χ2n) is 39.4. The number of hydrogen-bond donors (Lipinski definition) is 4. The van der Waals surface area contributed by atoms with Crippen molar-refractivity contribution in [2.24, 2.45) is 44.3 Å². The maximum atomic E-state index is 12.2. The van der Waals surface area contributed by atoms with E-state index in [0.29, 0.717) is 46.5 Å². The standard InChI is InChI=1S/4C19H12NO.C15H28O2.C13H24O2.C12H22O2.C11H20O2.4Ir/c4*1-2-8-17(9-3-1)21-19-18-13-15-7-5-4-6-14(15)12-16(18)10-11-20-19;1-7-14(5,8-2)12(16)11-13(17)15(6,9-3)10-4;1-7-12(3,4)10(14)9-11(15)13(5,6)8-2;1-5-9(4)11(13)8-12(14)10(6-2)7-3;1-10(2,3)8(12)7-9(13)11(4,5)6;;;;/h4*1-8,10-13H;11,16H,7-10H2,1-6H3;9,14H,7-8H2,1-6H3;8-10,13H,5-7H2,1-4H3;7,12H,1-6H3;;;;/q4*-1;;;;;;;;. The summed E-state index contributed by atoms with van der Waals surface area (Å²) in [6, 6.07) is 101. The van der Waals surface area contributed by atoms with Crippen molar-refractivity contribution in [3.05, 3.63) is 363 Å². The number of ketones is 4. The molecule has 147 heavy (non-hydrogen) atoms. The minimum atomic E-state index is -0.417. The molecule has 782 valence electrons. The summed E-state index contributed by atoms with van der Waals surface area (Å²) >= 11 is 0. The van der Waals surface area contributed by atoms with Crippen molar-refractivity contribution in [3.63, 3.8) is 0 Å². The monoisotopic (exact) mass is 2690 g/mol. The first-order chi connectivity index (χ1) is 68.2. The Morgan fingerprint density at radius 3 is 0.796 bits per heavy atom. The molecule has 1 atom stereocenters. The molecule has 0 bridgehead atoms. The number of pyridine rings is 4. The minimum absolute atomic E-state index is 0. The van der Waals surface area contributed by atoms with Crippen molar-refractivity contribution >= 4 is 109 Å². The first kappa shape index (κ1) is 125. The Hall–Kier alpha value is -12.0. The molecule has 1 unspecified atom stereocenters. The van der Waals surface area contributed by atoms with Gasteiger partial charge in [0.1, 0.15) is 17.3 Å². The first-order valence-corrected chi connectivity index (χ1v) is 49.7. The summed E-state index contributed by atoms with van der Waals surface area (Å²) in [5.41, 5.74) is -2.05. The number of nitrogens with zero attached hydrogens (tertiary/aromatic N) is 4. The number of aliphatic hydroxyl groups excluding tert-OH is 4. The van der Waals surface area contributed by atoms with Gasteiger partial charge >= 0.3 is 0 Å². The van der Waals surface area contributed by atoms with Crippen molar-refractivity contribution < 1.29 is 139 Å². The van der Waals surface area contributed by atoms with Gasteiger partial charge in [-0.25, -0.2) is 19.9 Å². The van der Waals surface area contributed by atoms with E-state index in [1.165, 1.54) is 67.4 Å². The van der Waals surface area contributed by atoms with Crippen LogP contribution in [-0.2, 0) is 99.6 Å². The van der Waals surface area contributed by atoms with E-state index in [-0.39, 0.29) is 166 Å². The van der Waals surface area contributed by atoms with E-state index < -0.39 is 5.41 Å². The van der Waals surface area contributed by atoms with E-state index in [2.05, 4.69) is 141 Å². The first-order valence-electron chi connectivity index (χ1n) is 49.7. The summed E-state index contributed by atoms with van der Waals surface area (Å²) in [5.74, 6) is 6.17. The van der Waals surface area contributed by atoms with Gasteiger partial charge in [-0.1, -0.05) is 249 Å². The van der Waals surface area contributed by atoms with Gasteiger partial charge in [-0.15, -0.1) is 48.5 Å². The van der Waals surface area contributed by atoms with Crippen LogP contribution in [0.25, 0.3) is 86.2 Å². The number of fused-ring (bicyclic) bond motifs is 8. The molecule has 0 spiro atoms. The van der Waals surface area contributed by atoms with E-state index in [1.807, 2.05) is 322 Å². The molecule has 4 N–H and O–H groups in total. The van der Waals surface area contributed by atoms with Gasteiger partial charge in [0.25, 0.3) is 0 Å². The molecule has 0 aliphatic carbocycles. The number of aromatic nitrogens is 4. The van der Waals surface area contributed by atoms with E-state index in [9.17, 15) is 39.6 Å². The molecule has 4 aromatic heterocycles. The number of aliphatic hydroxyl groups is 4. The quantitative estimate of drug-likeness (QED) is 0.0162. The van der Waals surface area contributed by atoms with E-state index in [1.54, 1.807) is 24.8 Å². The zero-order valence-electron chi connectivity index (χ0n) is 88.7. The number of allylic oxidation sites excluding steroid dienone is 8. The van der Waals surface area contributed by atoms with Gasteiger partial charge in [-0.3, -0.25) is 19.2 Å². The van der Waals surface area contributed by atoms with E-state index in [0.717, 1.165) is 101 Å². The zero-order valence-corrected chi connectivity index (χ0v) is 98.3. The predicted octanol–water partition coefficient (Wildman–Crippen LogP) is 35.0. The third kappa shape index (κ3) is 36.7. The molecular formula is C127H142Ir4N4O12-4. The van der Waals surface area contributed by atoms with Gasteiger partial charge in [0, 0.05) is 218 Å². The van der Waals surface area contributed by atoms with Crippen molar-refractivity contribution in [2.45, 2.75) is 210 Å². The van der Waals surface area contributed by atoms with Crippen LogP contribution in [0.15, 0.2) is 339 Å². The maximum absolute atomic E-state index is 12.2. The van der Waals surface area contributed by atoms with E-state index in [4.69, 9.17) is 18.9 Å². The third-order valence-corrected chi connectivity index (χ3v) is 26.5. The number of para-hydroxylation sites is 4. The Balaban J connectivity index is 0.000000297. The van der Waals surface area contributed by atoms with Crippen LogP contribution in [0.5, 0.6) is 46.5 Å². The van der Waals surface area contributed by atoms with Crippen LogP contribution < -0.4 is 18.9 Å². The van der Waals surface area contributed by atoms with Crippen molar-refractivity contribution in [3.8, 4) is 46.5 Å². The number of benzene rings is 12.